The van der Waals surface area contributed by atoms with Gasteiger partial charge in [-0.05, 0) is 117 Å². The minimum Gasteiger partial charge on any atom is -0.507 e. The van der Waals surface area contributed by atoms with Crippen molar-refractivity contribution in [1.82, 2.24) is 25.2 Å². The van der Waals surface area contributed by atoms with Crippen LogP contribution in [0.15, 0.2) is 36.4 Å². The Bertz CT molecular complexity index is 1940. The van der Waals surface area contributed by atoms with E-state index in [0.717, 1.165) is 12.8 Å². The Labute approximate surface area is 395 Å². The average Bonchev–Trinajstić information content (AvgIpc) is 3.16. The van der Waals surface area contributed by atoms with Crippen LogP contribution in [-0.4, -0.2) is 125 Å². The Balaban J connectivity index is 0.00000283. The van der Waals surface area contributed by atoms with E-state index >= 15 is 0 Å². The second-order valence-electron chi connectivity index (χ2n) is 18.3. The summed E-state index contributed by atoms with van der Waals surface area (Å²) in [6.07, 6.45) is 0.362. The molecule has 18 nitrogen and oxygen atoms in total. The zero-order valence-electron chi connectivity index (χ0n) is 40.5. The van der Waals surface area contributed by atoms with Crippen LogP contribution in [-0.2, 0) is 39.8 Å². The van der Waals surface area contributed by atoms with Gasteiger partial charge in [-0.25, -0.2) is 14.4 Å². The predicted molar refractivity (Wildman–Crippen MR) is 255 cm³/mol. The SMILES string of the molecule is C.CC(=O)CNC(=O)C(c1ccc(OC(=O)OC(C)(C)C)c(-c2cc(CC(C)C(=O)O)ccc2O)c1)N(C)C(=O)CNSCCN(C)C(=O)OC(C)(C)C.CCCCNC(=O)OC(C)(C)C. The zero-order valence-corrected chi connectivity index (χ0v) is 41.3. The van der Waals surface area contributed by atoms with Gasteiger partial charge in [0.25, 0.3) is 0 Å². The molecule has 0 saturated carbocycles. The monoisotopic (exact) mass is 950 g/mol. The number of likely N-dealkylation sites (N-methyl/N-ethyl adjacent to an activating group) is 1. The van der Waals surface area contributed by atoms with Crippen LogP contribution < -0.4 is 20.1 Å². The van der Waals surface area contributed by atoms with Gasteiger partial charge in [0, 0.05) is 44.1 Å². The number of hydrogen-bond donors (Lipinski definition) is 5. The number of phenols is 1. The van der Waals surface area contributed by atoms with E-state index in [0.29, 0.717) is 24.4 Å². The number of nitrogens with one attached hydrogen (secondary N) is 3. The van der Waals surface area contributed by atoms with E-state index in [-0.39, 0.29) is 67.0 Å². The molecule has 0 heterocycles. The van der Waals surface area contributed by atoms with Gasteiger partial charge in [0.05, 0.1) is 19.0 Å². The summed E-state index contributed by atoms with van der Waals surface area (Å²) in [5.74, 6) is -3.11. The summed E-state index contributed by atoms with van der Waals surface area (Å²) in [6, 6.07) is 7.53. The van der Waals surface area contributed by atoms with Crippen LogP contribution in [0.4, 0.5) is 14.4 Å². The van der Waals surface area contributed by atoms with Crippen molar-refractivity contribution in [3.05, 3.63) is 47.5 Å². The van der Waals surface area contributed by atoms with E-state index in [9.17, 15) is 43.8 Å². The summed E-state index contributed by atoms with van der Waals surface area (Å²) in [5, 5.41) is 25.7. The van der Waals surface area contributed by atoms with Crippen LogP contribution in [0.25, 0.3) is 11.1 Å². The lowest BCUT2D eigenvalue weighted by Gasteiger charge is -2.28. The highest BCUT2D eigenvalue weighted by atomic mass is 32.2. The number of carbonyl (C=O) groups excluding carboxylic acids is 6. The van der Waals surface area contributed by atoms with Crippen molar-refractivity contribution < 1.29 is 62.7 Å². The number of carbonyl (C=O) groups is 7. The fourth-order valence-electron chi connectivity index (χ4n) is 5.35. The van der Waals surface area contributed by atoms with E-state index < -0.39 is 58.8 Å². The van der Waals surface area contributed by atoms with E-state index in [2.05, 4.69) is 22.3 Å². The number of aliphatic carboxylic acids is 1. The fourth-order valence-corrected chi connectivity index (χ4v) is 6.09. The lowest BCUT2D eigenvalue weighted by Crippen LogP contribution is -2.45. The van der Waals surface area contributed by atoms with Gasteiger partial charge in [0.2, 0.25) is 11.8 Å². The molecule has 0 aliphatic heterocycles. The number of rotatable bonds is 19. The van der Waals surface area contributed by atoms with Gasteiger partial charge in [-0.2, -0.15) is 0 Å². The number of ketones is 1. The van der Waals surface area contributed by atoms with Crippen LogP contribution in [0, 0.1) is 5.92 Å². The molecule has 372 valence electrons. The molecule has 5 N–H and O–H groups in total. The van der Waals surface area contributed by atoms with Gasteiger partial charge in [-0.3, -0.25) is 23.9 Å². The number of hydrogen-bond acceptors (Lipinski definition) is 14. The third-order valence-electron chi connectivity index (χ3n) is 8.52. The largest absolute Gasteiger partial charge is 0.514 e. The van der Waals surface area contributed by atoms with Gasteiger partial charge in [0.1, 0.15) is 40.1 Å². The number of unbranched alkanes of at least 4 members (excludes halogenated alkanes) is 1. The first-order valence-electron chi connectivity index (χ1n) is 21.3. The van der Waals surface area contributed by atoms with Gasteiger partial charge in [0.15, 0.2) is 0 Å². The number of aromatic hydroxyl groups is 1. The summed E-state index contributed by atoms with van der Waals surface area (Å²) in [6.45, 7) is 21.3. The number of amides is 4. The standard InChI is InChI=1S/C37H52N4O11S.C9H19NO2.CH4/c1-22(33(46)47)17-24-11-13-28(43)26(18-24)27-19-25(12-14-29(27)50-35(49)52-37(6,7)8)31(32(45)38-20-23(2)42)41(10)30(44)21-39-53-16-15-40(9)34(48)51-36(3,4)5;1-5-6-7-10-8(11)12-9(2,3)4;/h11-14,18-19,22,31,39,43H,15-17,20-21H2,1-10H3,(H,38,45)(H,46,47);5-7H2,1-4H3,(H,10,11);1H4. The molecule has 2 unspecified atom stereocenters. The number of carboxylic acids is 1. The Kier molecular flexibility index (Phi) is 25.5. The average molecular weight is 950 g/mol. The van der Waals surface area contributed by atoms with Crippen LogP contribution in [0.5, 0.6) is 11.5 Å². The van der Waals surface area contributed by atoms with Crippen LogP contribution in [0.1, 0.15) is 121 Å². The maximum absolute atomic E-state index is 13.6. The molecule has 0 saturated heterocycles. The first-order chi connectivity index (χ1) is 29.9. The summed E-state index contributed by atoms with van der Waals surface area (Å²) in [4.78, 5) is 89.0. The van der Waals surface area contributed by atoms with Crippen molar-refractivity contribution in [1.29, 1.82) is 0 Å². The Morgan fingerprint density at radius 1 is 0.803 bits per heavy atom. The van der Waals surface area contributed by atoms with Crippen molar-refractivity contribution in [3.8, 4) is 22.6 Å². The molecule has 66 heavy (non-hydrogen) atoms. The second-order valence-corrected chi connectivity index (χ2v) is 19.3. The highest BCUT2D eigenvalue weighted by Gasteiger charge is 2.31. The number of alkyl carbamates (subject to hydrolysis) is 1. The van der Waals surface area contributed by atoms with E-state index in [1.165, 1.54) is 60.0 Å². The normalized spacial score (nSPS) is 12.1. The summed E-state index contributed by atoms with van der Waals surface area (Å²) in [5.41, 5.74) is -0.825. The molecule has 19 heteroatoms. The molecule has 0 fully saturated rings. The fraction of sp³-hybridized carbons (Fsp3) is 0.596. The van der Waals surface area contributed by atoms with Gasteiger partial charge >= 0.3 is 24.3 Å². The van der Waals surface area contributed by atoms with Gasteiger partial charge in [-0.15, -0.1) is 0 Å². The highest BCUT2D eigenvalue weighted by molar-refractivity contribution is 7.97. The summed E-state index contributed by atoms with van der Waals surface area (Å²) >= 11 is 1.20. The first kappa shape index (κ1) is 60.4. The lowest BCUT2D eigenvalue weighted by molar-refractivity contribution is -0.141. The molecule has 4 amide bonds. The van der Waals surface area contributed by atoms with Crippen molar-refractivity contribution >= 4 is 53.9 Å². The molecule has 0 bridgehead atoms. The predicted octanol–water partition coefficient (Wildman–Crippen LogP) is 7.89. The number of ether oxygens (including phenoxy) is 4. The lowest BCUT2D eigenvalue weighted by atomic mass is 9.93. The van der Waals surface area contributed by atoms with E-state index in [1.807, 2.05) is 20.8 Å². The maximum atomic E-state index is 13.6. The highest BCUT2D eigenvalue weighted by Crippen LogP contribution is 2.40. The Hall–Kier alpha value is -5.56. The minimum absolute atomic E-state index is 0. The van der Waals surface area contributed by atoms with Crippen LogP contribution in [0.2, 0.25) is 0 Å². The number of benzene rings is 2. The van der Waals surface area contributed by atoms with Crippen molar-refractivity contribution in [2.45, 2.75) is 133 Å². The minimum atomic E-state index is -1.29. The number of nitrogens with zero attached hydrogens (tertiary/aromatic N) is 2. The molecule has 2 aromatic carbocycles. The first-order valence-corrected chi connectivity index (χ1v) is 22.3. The maximum Gasteiger partial charge on any atom is 0.514 e. The molecule has 0 radical (unpaired) electrons. The summed E-state index contributed by atoms with van der Waals surface area (Å²) < 4.78 is 24.2. The quantitative estimate of drug-likeness (QED) is 0.0296. The third kappa shape index (κ3) is 24.1. The summed E-state index contributed by atoms with van der Waals surface area (Å²) in [7, 11) is 3.02. The Morgan fingerprint density at radius 3 is 1.95 bits per heavy atom. The van der Waals surface area contributed by atoms with Crippen molar-refractivity contribution in [2.75, 3.05) is 46.0 Å². The second kappa shape index (κ2) is 27.8. The molecule has 2 atom stereocenters. The van der Waals surface area contributed by atoms with Crippen molar-refractivity contribution in [3.63, 3.8) is 0 Å². The number of carboxylic acid groups (broad SMARTS) is 1. The zero-order chi connectivity index (χ0) is 49.9. The topological polar surface area (TPSA) is 239 Å². The van der Waals surface area contributed by atoms with E-state index in [1.54, 1.807) is 67.6 Å². The van der Waals surface area contributed by atoms with E-state index in [4.69, 9.17) is 18.9 Å². The van der Waals surface area contributed by atoms with Crippen LogP contribution in [0.3, 0.4) is 0 Å². The molecule has 0 aliphatic rings. The smallest absolute Gasteiger partial charge is 0.507 e. The van der Waals surface area contributed by atoms with Crippen LogP contribution >= 0.6 is 11.9 Å². The molecule has 2 rings (SSSR count). The number of Topliss-reactive ketones (excluding diaryl/α,β-unsaturated/α-hetero) is 1. The molecular weight excluding hydrogens is 875 g/mol. The molecule has 2 aromatic rings. The van der Waals surface area contributed by atoms with Gasteiger partial charge < -0.3 is 49.6 Å². The molecule has 0 aromatic heterocycles. The van der Waals surface area contributed by atoms with Gasteiger partial charge in [-0.1, -0.05) is 51.8 Å². The molecule has 0 aliphatic carbocycles. The Morgan fingerprint density at radius 2 is 1.41 bits per heavy atom. The van der Waals surface area contributed by atoms with Crippen molar-refractivity contribution in [2.24, 2.45) is 5.92 Å². The molecular formula is C47H75N5O13S. The molecule has 0 spiro atoms. The number of phenolic OH excluding ortho intramolecular Hbond substituents is 1. The third-order valence-corrected chi connectivity index (χ3v) is 9.25.